The molecule has 3 atom stereocenters. The van der Waals surface area contributed by atoms with Crippen LogP contribution in [-0.4, -0.2) is 60.0 Å². The van der Waals surface area contributed by atoms with E-state index in [-0.39, 0.29) is 0 Å². The summed E-state index contributed by atoms with van der Waals surface area (Å²) < 4.78 is 1.29. The Morgan fingerprint density at radius 3 is 0.735 bits per heavy atom. The van der Waals surface area contributed by atoms with Gasteiger partial charge in [0.2, 0.25) is 0 Å². The highest BCUT2D eigenvalue weighted by molar-refractivity contribution is 8.25. The van der Waals surface area contributed by atoms with E-state index in [1.165, 1.54) is 19.3 Å². The maximum Gasteiger partial charge on any atom is 0.0634 e. The smallest absolute Gasteiger partial charge is 0.0634 e. The molecular weight excluding hydrogens is 709 g/mol. The minimum absolute atomic E-state index is 0.342. The molecule has 0 radical (unpaired) electrons. The summed E-state index contributed by atoms with van der Waals surface area (Å²) in [5, 5.41) is 5.91. The lowest BCUT2D eigenvalue weighted by Crippen LogP contribution is -2.20. The van der Waals surface area contributed by atoms with Crippen LogP contribution in [0.3, 0.4) is 0 Å². The van der Waals surface area contributed by atoms with Crippen LogP contribution in [0.15, 0.2) is 0 Å². The van der Waals surface area contributed by atoms with Crippen molar-refractivity contribution in [1.29, 1.82) is 0 Å². The van der Waals surface area contributed by atoms with Crippen LogP contribution in [-0.2, 0) is 0 Å². The summed E-state index contributed by atoms with van der Waals surface area (Å²) in [7, 11) is 0. The maximum absolute atomic E-state index is 4.97. The largest absolute Gasteiger partial charge is 0.174 e. The van der Waals surface area contributed by atoms with Crippen molar-refractivity contribution in [3.63, 3.8) is 0 Å². The molecule has 0 bridgehead atoms. The third kappa shape index (κ3) is 19.4. The number of hydrogen-bond acceptors (Lipinski definition) is 15. The predicted molar refractivity (Wildman–Crippen MR) is 210 cm³/mol. The Labute approximate surface area is 284 Å². The molecule has 3 unspecified atom stereocenters. The van der Waals surface area contributed by atoms with Crippen LogP contribution in [0.1, 0.15) is 38.5 Å². The lowest BCUT2D eigenvalue weighted by Gasteiger charge is -2.28. The Morgan fingerprint density at radius 2 is 0.559 bits per heavy atom. The number of hydrogen-bond donors (Lipinski definition) is 9. The molecule has 0 aliphatic rings. The average molecular weight is 750 g/mol. The van der Waals surface area contributed by atoms with Gasteiger partial charge in [-0.3, -0.25) is 0 Å². The van der Waals surface area contributed by atoms with Gasteiger partial charge in [0.05, 0.1) is 13.7 Å². The van der Waals surface area contributed by atoms with E-state index >= 15 is 0 Å². The molecule has 206 valence electrons. The summed E-state index contributed by atoms with van der Waals surface area (Å²) in [4.78, 5) is 0. The van der Waals surface area contributed by atoms with Crippen molar-refractivity contribution in [3.05, 3.63) is 0 Å². The Bertz CT molecular complexity index is 366. The monoisotopic (exact) mass is 748 g/mol. The van der Waals surface area contributed by atoms with Crippen LogP contribution in [0.4, 0.5) is 0 Å². The van der Waals surface area contributed by atoms with E-state index in [2.05, 4.69) is 75.8 Å². The maximum atomic E-state index is 4.97. The molecule has 0 N–H and O–H groups in total. The van der Waals surface area contributed by atoms with Gasteiger partial charge < -0.3 is 0 Å². The van der Waals surface area contributed by atoms with E-state index in [9.17, 15) is 0 Å². The molecule has 0 rings (SSSR count). The van der Waals surface area contributed by atoms with Crippen LogP contribution in [0.25, 0.3) is 0 Å². The Hall–Kier alpha value is 5.25. The first-order valence-corrected chi connectivity index (χ1v) is 22.4. The molecule has 0 heterocycles. The molecule has 0 aromatic carbocycles. The summed E-state index contributed by atoms with van der Waals surface area (Å²) >= 11 is 52.6. The molecule has 0 aliphatic carbocycles. The van der Waals surface area contributed by atoms with E-state index in [4.69, 9.17) is 37.9 Å². The summed E-state index contributed by atoms with van der Waals surface area (Å²) in [6, 6.07) is 0. The van der Waals surface area contributed by atoms with Crippen LogP contribution >= 0.6 is 184 Å². The third-order valence-electron chi connectivity index (χ3n) is 4.99. The van der Waals surface area contributed by atoms with Gasteiger partial charge >= 0.3 is 0 Å². The second-order valence-corrected chi connectivity index (χ2v) is 21.3. The molecular formula is C19H40S15. The average Bonchev–Trinajstić information content (AvgIpc) is 2.82. The van der Waals surface area contributed by atoms with Crippen molar-refractivity contribution in [2.24, 2.45) is 5.92 Å². The Morgan fingerprint density at radius 1 is 0.353 bits per heavy atom. The molecule has 0 aliphatic heterocycles. The van der Waals surface area contributed by atoms with Gasteiger partial charge in [-0.15, -0.1) is 70.6 Å². The zero-order valence-corrected chi connectivity index (χ0v) is 31.9. The molecule has 34 heavy (non-hydrogen) atoms. The van der Waals surface area contributed by atoms with Crippen LogP contribution in [0.2, 0.25) is 0 Å². The van der Waals surface area contributed by atoms with Gasteiger partial charge in [-0.25, -0.2) is 0 Å². The molecule has 0 saturated heterocycles. The summed E-state index contributed by atoms with van der Waals surface area (Å²) in [6.45, 7) is 0. The van der Waals surface area contributed by atoms with Gasteiger partial charge in [-0.05, 0) is 44.4 Å². The first-order valence-electron chi connectivity index (χ1n) is 10.8. The van der Waals surface area contributed by atoms with Gasteiger partial charge in [0.15, 0.2) is 0 Å². The van der Waals surface area contributed by atoms with Crippen molar-refractivity contribution in [1.82, 2.24) is 0 Å². The van der Waals surface area contributed by atoms with E-state index in [0.717, 1.165) is 49.8 Å². The fourth-order valence-electron chi connectivity index (χ4n) is 3.31. The van der Waals surface area contributed by atoms with Crippen molar-refractivity contribution >= 4 is 184 Å². The van der Waals surface area contributed by atoms with Crippen LogP contribution in [0, 0.1) is 5.92 Å². The normalized spacial score (nSPS) is 15.9. The van der Waals surface area contributed by atoms with Crippen molar-refractivity contribution < 1.29 is 0 Å². The fraction of sp³-hybridized carbons (Fsp3) is 1.00. The second-order valence-electron chi connectivity index (χ2n) is 7.18. The minimum Gasteiger partial charge on any atom is -0.174 e. The number of thioether (sulfide) groups is 6. The number of thiol groups is 9. The van der Waals surface area contributed by atoms with Crippen molar-refractivity contribution in [2.75, 3.05) is 30.5 Å². The quantitative estimate of drug-likeness (QED) is 0.0354. The molecule has 0 amide bonds. The van der Waals surface area contributed by atoms with Gasteiger partial charge in [0.25, 0.3) is 0 Å². The third-order valence-corrected chi connectivity index (χ3v) is 17.8. The first kappa shape index (κ1) is 39.2. The topological polar surface area (TPSA) is 0 Å². The van der Waals surface area contributed by atoms with Gasteiger partial charge in [0, 0.05) is 46.3 Å². The first-order chi connectivity index (χ1) is 16.4. The molecule has 0 nitrogen and oxygen atoms in total. The van der Waals surface area contributed by atoms with Gasteiger partial charge in [-0.1, -0.05) is 0 Å². The highest BCUT2D eigenvalue weighted by Gasteiger charge is 2.25. The van der Waals surface area contributed by atoms with Crippen molar-refractivity contribution in [2.45, 2.75) is 68.0 Å². The van der Waals surface area contributed by atoms with Crippen LogP contribution in [0.5, 0.6) is 0 Å². The molecule has 0 saturated carbocycles. The van der Waals surface area contributed by atoms with E-state index < -0.39 is 0 Å². The zero-order valence-electron chi connectivity index (χ0n) is 19.0. The molecule has 15 heteroatoms. The second kappa shape index (κ2) is 27.1. The SMILES string of the molecule is SCSC(SCS)C(S)CCC(CCC(S)C(SCS)SCS)CCC(S)C(SCS)SCS. The van der Waals surface area contributed by atoms with E-state index in [0.29, 0.717) is 35.4 Å². The Balaban J connectivity index is 5.08. The molecule has 0 aromatic heterocycles. The minimum atomic E-state index is 0.342. The fourth-order valence-corrected chi connectivity index (χ4v) is 15.4. The lowest BCUT2D eigenvalue weighted by atomic mass is 9.91. The molecule has 0 spiro atoms. The number of rotatable bonds is 24. The lowest BCUT2D eigenvalue weighted by molar-refractivity contribution is 0.387. The summed E-state index contributed by atoms with van der Waals surface area (Å²) in [6.07, 6.45) is 6.86. The summed E-state index contributed by atoms with van der Waals surface area (Å²) in [5.74, 6) is 0.645. The van der Waals surface area contributed by atoms with E-state index in [1.807, 2.05) is 70.6 Å². The standard InChI is InChI=1S/C19H40S15/c20-7-29-17(30-8-21)14(26)4-1-13(2-5-15(27)18(31-9-22)32-10-23)3-6-16(28)19(33-11-24)34-12-25/h13-28H,1-12H2. The van der Waals surface area contributed by atoms with Gasteiger partial charge in [-0.2, -0.15) is 114 Å². The van der Waals surface area contributed by atoms with Crippen LogP contribution < -0.4 is 0 Å². The highest BCUT2D eigenvalue weighted by atomic mass is 32.2. The molecule has 0 fully saturated rings. The predicted octanol–water partition coefficient (Wildman–Crippen LogP) is 9.54. The van der Waals surface area contributed by atoms with Crippen molar-refractivity contribution in [3.8, 4) is 0 Å². The Kier molecular flexibility index (Phi) is 31.3. The highest BCUT2D eigenvalue weighted by Crippen LogP contribution is 2.38. The van der Waals surface area contributed by atoms with E-state index in [1.54, 1.807) is 0 Å². The van der Waals surface area contributed by atoms with Gasteiger partial charge in [0.1, 0.15) is 0 Å². The molecule has 0 aromatic rings. The summed E-state index contributed by atoms with van der Waals surface area (Å²) in [5.41, 5.74) is 0. The zero-order chi connectivity index (χ0) is 25.8.